The lowest BCUT2D eigenvalue weighted by Crippen LogP contribution is -2.27. The lowest BCUT2D eigenvalue weighted by molar-refractivity contribution is 0.0949. The van der Waals surface area contributed by atoms with Crippen molar-refractivity contribution in [2.75, 3.05) is 5.73 Å². The zero-order valence-electron chi connectivity index (χ0n) is 10.2. The Labute approximate surface area is 104 Å². The Morgan fingerprint density at radius 3 is 2.78 bits per heavy atom. The summed E-state index contributed by atoms with van der Waals surface area (Å²) in [5.41, 5.74) is 5.47. The summed E-state index contributed by atoms with van der Waals surface area (Å²) in [6, 6.07) is 1.82. The summed E-state index contributed by atoms with van der Waals surface area (Å²) >= 11 is 0. The van der Waals surface area contributed by atoms with Crippen LogP contribution >= 0.6 is 0 Å². The summed E-state index contributed by atoms with van der Waals surface area (Å²) in [5.74, 6) is -2.03. The Bertz CT molecular complexity index is 476. The van der Waals surface area contributed by atoms with Gasteiger partial charge in [-0.25, -0.2) is 8.78 Å². The maximum absolute atomic E-state index is 13.1. The molecule has 98 valence electrons. The van der Waals surface area contributed by atoms with E-state index in [1.807, 2.05) is 0 Å². The van der Waals surface area contributed by atoms with Crippen molar-refractivity contribution in [1.82, 2.24) is 5.32 Å². The highest BCUT2D eigenvalue weighted by molar-refractivity contribution is 5.99. The van der Waals surface area contributed by atoms with Crippen molar-refractivity contribution in [1.29, 1.82) is 0 Å². The summed E-state index contributed by atoms with van der Waals surface area (Å²) in [6.07, 6.45) is 3.09. The second kappa shape index (κ2) is 4.92. The van der Waals surface area contributed by atoms with E-state index in [-0.39, 0.29) is 17.3 Å². The fourth-order valence-electron chi connectivity index (χ4n) is 2.12. The number of benzene rings is 1. The molecule has 2 rings (SSSR count). The lowest BCUT2D eigenvalue weighted by Gasteiger charge is -2.07. The highest BCUT2D eigenvalue weighted by Crippen LogP contribution is 2.34. The molecule has 0 saturated heterocycles. The van der Waals surface area contributed by atoms with Crippen molar-refractivity contribution in [3.63, 3.8) is 0 Å². The van der Waals surface area contributed by atoms with E-state index in [1.54, 1.807) is 0 Å². The average Bonchev–Trinajstić information content (AvgIpc) is 3.02. The lowest BCUT2D eigenvalue weighted by atomic mass is 10.1. The quantitative estimate of drug-likeness (QED) is 0.811. The molecule has 1 saturated carbocycles. The molecule has 1 fully saturated rings. The predicted octanol–water partition coefficient (Wildman–Crippen LogP) is 2.47. The van der Waals surface area contributed by atoms with E-state index in [4.69, 9.17) is 5.73 Å². The van der Waals surface area contributed by atoms with Gasteiger partial charge in [-0.05, 0) is 24.8 Å². The fourth-order valence-corrected chi connectivity index (χ4v) is 2.12. The maximum atomic E-state index is 13.1. The number of anilines is 1. The number of nitrogen functional groups attached to an aromatic ring is 1. The number of rotatable bonds is 4. The van der Waals surface area contributed by atoms with Gasteiger partial charge >= 0.3 is 0 Å². The Morgan fingerprint density at radius 1 is 1.44 bits per heavy atom. The van der Waals surface area contributed by atoms with Crippen molar-refractivity contribution in [3.8, 4) is 0 Å². The van der Waals surface area contributed by atoms with E-state index < -0.39 is 17.5 Å². The molecule has 0 heterocycles. The molecule has 0 radical (unpaired) electrons. The Kier molecular flexibility index (Phi) is 3.50. The van der Waals surface area contributed by atoms with Crippen LogP contribution < -0.4 is 11.1 Å². The molecule has 1 amide bonds. The zero-order valence-corrected chi connectivity index (χ0v) is 10.2. The van der Waals surface area contributed by atoms with Crippen LogP contribution in [0, 0.1) is 17.6 Å². The number of halogens is 2. The van der Waals surface area contributed by atoms with Gasteiger partial charge in [0.15, 0.2) is 11.6 Å². The van der Waals surface area contributed by atoms with E-state index in [0.717, 1.165) is 31.4 Å². The van der Waals surface area contributed by atoms with Crippen molar-refractivity contribution in [3.05, 3.63) is 29.3 Å². The van der Waals surface area contributed by atoms with Gasteiger partial charge in [0, 0.05) is 17.8 Å². The number of hydrogen-bond acceptors (Lipinski definition) is 2. The Morgan fingerprint density at radius 2 is 2.11 bits per heavy atom. The van der Waals surface area contributed by atoms with Crippen LogP contribution in [0.5, 0.6) is 0 Å². The first-order valence-corrected chi connectivity index (χ1v) is 6.08. The summed E-state index contributed by atoms with van der Waals surface area (Å²) in [7, 11) is 0. The minimum Gasteiger partial charge on any atom is -0.398 e. The SMILES string of the molecule is CCCC1CC1NC(=O)c1cc(F)c(F)cc1N. The van der Waals surface area contributed by atoms with Gasteiger partial charge in [-0.1, -0.05) is 13.3 Å². The van der Waals surface area contributed by atoms with Gasteiger partial charge in [0.2, 0.25) is 0 Å². The van der Waals surface area contributed by atoms with E-state index in [0.29, 0.717) is 5.92 Å². The number of nitrogens with two attached hydrogens (primary N) is 1. The van der Waals surface area contributed by atoms with Crippen LogP contribution in [0.2, 0.25) is 0 Å². The number of amides is 1. The highest BCUT2D eigenvalue weighted by Gasteiger charge is 2.37. The number of carbonyl (C=O) groups is 1. The topological polar surface area (TPSA) is 55.1 Å². The molecule has 1 aromatic rings. The summed E-state index contributed by atoms with van der Waals surface area (Å²) < 4.78 is 25.9. The predicted molar refractivity (Wildman–Crippen MR) is 65.0 cm³/mol. The summed E-state index contributed by atoms with van der Waals surface area (Å²) in [4.78, 5) is 11.8. The van der Waals surface area contributed by atoms with E-state index in [9.17, 15) is 13.6 Å². The number of nitrogens with one attached hydrogen (secondary N) is 1. The third-order valence-corrected chi connectivity index (χ3v) is 3.24. The van der Waals surface area contributed by atoms with Crippen LogP contribution in [0.4, 0.5) is 14.5 Å². The second-order valence-corrected chi connectivity index (χ2v) is 4.72. The molecule has 2 atom stereocenters. The molecule has 5 heteroatoms. The third-order valence-electron chi connectivity index (χ3n) is 3.24. The summed E-state index contributed by atoms with van der Waals surface area (Å²) in [5, 5.41) is 2.78. The van der Waals surface area contributed by atoms with Crippen molar-refractivity contribution in [2.24, 2.45) is 5.92 Å². The van der Waals surface area contributed by atoms with Crippen LogP contribution in [0.15, 0.2) is 12.1 Å². The van der Waals surface area contributed by atoms with Gasteiger partial charge in [-0.2, -0.15) is 0 Å². The molecule has 18 heavy (non-hydrogen) atoms. The van der Waals surface area contributed by atoms with Gasteiger partial charge in [0.1, 0.15) is 0 Å². The molecule has 1 aliphatic carbocycles. The fraction of sp³-hybridized carbons (Fsp3) is 0.462. The first-order valence-electron chi connectivity index (χ1n) is 6.08. The van der Waals surface area contributed by atoms with Crippen molar-refractivity contribution in [2.45, 2.75) is 32.2 Å². The molecule has 0 spiro atoms. The molecule has 1 aromatic carbocycles. The molecule has 2 unspecified atom stereocenters. The molecule has 1 aliphatic rings. The van der Waals surface area contributed by atoms with E-state index in [1.165, 1.54) is 0 Å². The van der Waals surface area contributed by atoms with Crippen molar-refractivity contribution < 1.29 is 13.6 Å². The third kappa shape index (κ3) is 2.60. The molecular weight excluding hydrogens is 238 g/mol. The van der Waals surface area contributed by atoms with E-state index >= 15 is 0 Å². The first kappa shape index (κ1) is 12.8. The normalized spacial score (nSPS) is 21.7. The van der Waals surface area contributed by atoms with Crippen LogP contribution in [-0.4, -0.2) is 11.9 Å². The largest absolute Gasteiger partial charge is 0.398 e. The summed E-state index contributed by atoms with van der Waals surface area (Å²) in [6.45, 7) is 2.09. The monoisotopic (exact) mass is 254 g/mol. The van der Waals surface area contributed by atoms with Gasteiger partial charge < -0.3 is 11.1 Å². The molecule has 0 aliphatic heterocycles. The van der Waals surface area contributed by atoms with Crippen LogP contribution in [-0.2, 0) is 0 Å². The van der Waals surface area contributed by atoms with Crippen LogP contribution in [0.3, 0.4) is 0 Å². The molecule has 3 nitrogen and oxygen atoms in total. The van der Waals surface area contributed by atoms with Gasteiger partial charge in [-0.3, -0.25) is 4.79 Å². The van der Waals surface area contributed by atoms with Gasteiger partial charge in [-0.15, -0.1) is 0 Å². The van der Waals surface area contributed by atoms with Crippen molar-refractivity contribution >= 4 is 11.6 Å². The zero-order chi connectivity index (χ0) is 13.3. The van der Waals surface area contributed by atoms with Crippen LogP contribution in [0.25, 0.3) is 0 Å². The highest BCUT2D eigenvalue weighted by atomic mass is 19.2. The Hall–Kier alpha value is -1.65. The average molecular weight is 254 g/mol. The molecular formula is C13H16F2N2O. The Balaban J connectivity index is 2.04. The minimum absolute atomic E-state index is 0.00366. The molecule has 3 N–H and O–H groups in total. The van der Waals surface area contributed by atoms with E-state index in [2.05, 4.69) is 12.2 Å². The molecule has 0 bridgehead atoms. The van der Waals surface area contributed by atoms with Gasteiger partial charge in [0.25, 0.3) is 5.91 Å². The minimum atomic E-state index is -1.06. The first-order chi connectivity index (χ1) is 8.52. The molecule has 0 aromatic heterocycles. The second-order valence-electron chi connectivity index (χ2n) is 4.72. The van der Waals surface area contributed by atoms with Crippen LogP contribution in [0.1, 0.15) is 36.5 Å². The smallest absolute Gasteiger partial charge is 0.253 e. The number of hydrogen-bond donors (Lipinski definition) is 2. The standard InChI is InChI=1S/C13H16F2N2O/c1-2-3-7-4-12(7)17-13(18)8-5-9(14)10(15)6-11(8)16/h5-7,12H,2-4,16H2,1H3,(H,17,18). The van der Waals surface area contributed by atoms with Gasteiger partial charge in [0.05, 0.1) is 5.56 Å². The maximum Gasteiger partial charge on any atom is 0.253 e. The number of carbonyl (C=O) groups excluding carboxylic acids is 1.